The van der Waals surface area contributed by atoms with Gasteiger partial charge in [0.05, 0.1) is 10.5 Å². The van der Waals surface area contributed by atoms with Crippen molar-refractivity contribution in [1.29, 1.82) is 0 Å². The summed E-state index contributed by atoms with van der Waals surface area (Å²) in [4.78, 5) is 12.2. The maximum atomic E-state index is 13.0. The van der Waals surface area contributed by atoms with Crippen LogP contribution in [-0.4, -0.2) is 20.6 Å². The van der Waals surface area contributed by atoms with E-state index in [-0.39, 0.29) is 10.5 Å². The third-order valence-corrected chi connectivity index (χ3v) is 4.12. The third kappa shape index (κ3) is 3.46. The van der Waals surface area contributed by atoms with Gasteiger partial charge in [-0.1, -0.05) is 12.1 Å². The maximum Gasteiger partial charge on any atom is 0.256 e. The van der Waals surface area contributed by atoms with Gasteiger partial charge in [-0.25, -0.2) is 12.8 Å². The molecule has 0 aliphatic carbocycles. The molecule has 21 heavy (non-hydrogen) atoms. The maximum absolute atomic E-state index is 13.0. The van der Waals surface area contributed by atoms with E-state index in [1.807, 2.05) is 0 Å². The molecule has 1 N–H and O–H groups in total. The van der Waals surface area contributed by atoms with Gasteiger partial charge in [-0.15, -0.1) is 0 Å². The Hall–Kier alpha value is -2.21. The molecule has 6 heteroatoms. The number of sulfone groups is 1. The molecule has 1 amide bonds. The van der Waals surface area contributed by atoms with Gasteiger partial charge < -0.3 is 5.32 Å². The number of amides is 1. The molecule has 0 spiro atoms. The second kappa shape index (κ2) is 5.65. The molecule has 110 valence electrons. The summed E-state index contributed by atoms with van der Waals surface area (Å²) in [7, 11) is -3.51. The smallest absolute Gasteiger partial charge is 0.256 e. The van der Waals surface area contributed by atoms with Crippen molar-refractivity contribution in [3.05, 3.63) is 59.4 Å². The number of nitrogens with one attached hydrogen (secondary N) is 1. The lowest BCUT2D eigenvalue weighted by atomic mass is 10.1. The van der Waals surface area contributed by atoms with Crippen molar-refractivity contribution in [2.24, 2.45) is 0 Å². The average molecular weight is 307 g/mol. The van der Waals surface area contributed by atoms with Crippen LogP contribution in [0.3, 0.4) is 0 Å². The first-order chi connectivity index (χ1) is 9.79. The van der Waals surface area contributed by atoms with E-state index in [0.717, 1.165) is 6.26 Å². The molecule has 0 saturated heterocycles. The van der Waals surface area contributed by atoms with Gasteiger partial charge in [0.1, 0.15) is 5.82 Å². The summed E-state index contributed by atoms with van der Waals surface area (Å²) in [6.07, 6.45) is 1.04. The number of benzene rings is 2. The van der Waals surface area contributed by atoms with Gasteiger partial charge in [-0.2, -0.15) is 0 Å². The quantitative estimate of drug-likeness (QED) is 0.948. The van der Waals surface area contributed by atoms with Crippen LogP contribution in [-0.2, 0) is 9.84 Å². The van der Waals surface area contributed by atoms with Crippen LogP contribution >= 0.6 is 0 Å². The molecular formula is C15H14FNO3S. The predicted octanol–water partition coefficient (Wildman–Crippen LogP) is 2.79. The Bertz CT molecular complexity index is 800. The van der Waals surface area contributed by atoms with Crippen molar-refractivity contribution >= 4 is 21.4 Å². The summed E-state index contributed by atoms with van der Waals surface area (Å²) in [6.45, 7) is 1.65. The first-order valence-electron chi connectivity index (χ1n) is 6.15. The van der Waals surface area contributed by atoms with E-state index in [0.29, 0.717) is 11.3 Å². The number of carbonyl (C=O) groups excluding carboxylic acids is 1. The summed E-state index contributed by atoms with van der Waals surface area (Å²) in [5, 5.41) is 2.60. The summed E-state index contributed by atoms with van der Waals surface area (Å²) in [6, 6.07) is 9.90. The van der Waals surface area contributed by atoms with Gasteiger partial charge in [0.2, 0.25) is 0 Å². The molecule has 0 fully saturated rings. The van der Waals surface area contributed by atoms with Crippen molar-refractivity contribution in [3.8, 4) is 0 Å². The van der Waals surface area contributed by atoms with Crippen LogP contribution in [0, 0.1) is 12.7 Å². The van der Waals surface area contributed by atoms with Crippen molar-refractivity contribution in [2.45, 2.75) is 11.8 Å². The number of hydrogen-bond donors (Lipinski definition) is 1. The van der Waals surface area contributed by atoms with Crippen LogP contribution in [0.5, 0.6) is 0 Å². The van der Waals surface area contributed by atoms with Gasteiger partial charge in [0.25, 0.3) is 5.91 Å². The number of aryl methyl sites for hydroxylation is 1. The Balaban J connectivity index is 2.38. The summed E-state index contributed by atoms with van der Waals surface area (Å²) in [5.74, 6) is -0.951. The van der Waals surface area contributed by atoms with E-state index in [4.69, 9.17) is 0 Å². The second-order valence-corrected chi connectivity index (χ2v) is 6.67. The van der Waals surface area contributed by atoms with E-state index in [1.54, 1.807) is 19.1 Å². The van der Waals surface area contributed by atoms with Crippen LogP contribution in [0.25, 0.3) is 0 Å². The van der Waals surface area contributed by atoms with Crippen LogP contribution in [0.2, 0.25) is 0 Å². The molecule has 2 aromatic carbocycles. The molecule has 0 atom stereocenters. The number of rotatable bonds is 3. The van der Waals surface area contributed by atoms with E-state index < -0.39 is 21.6 Å². The molecule has 0 bridgehead atoms. The van der Waals surface area contributed by atoms with Gasteiger partial charge in [0.15, 0.2) is 9.84 Å². The Morgan fingerprint density at radius 1 is 1.14 bits per heavy atom. The summed E-state index contributed by atoms with van der Waals surface area (Å²) < 4.78 is 36.4. The molecule has 0 aliphatic rings. The molecule has 0 aliphatic heterocycles. The van der Waals surface area contributed by atoms with Gasteiger partial charge in [-0.3, -0.25) is 4.79 Å². The Morgan fingerprint density at radius 3 is 2.43 bits per heavy atom. The molecule has 0 saturated carbocycles. The fourth-order valence-electron chi connectivity index (χ4n) is 1.93. The van der Waals surface area contributed by atoms with Crippen molar-refractivity contribution in [1.82, 2.24) is 0 Å². The number of halogens is 1. The third-order valence-electron chi connectivity index (χ3n) is 2.97. The van der Waals surface area contributed by atoms with Crippen LogP contribution in [0.1, 0.15) is 15.9 Å². The van der Waals surface area contributed by atoms with E-state index in [9.17, 15) is 17.6 Å². The highest BCUT2D eigenvalue weighted by molar-refractivity contribution is 7.90. The summed E-state index contributed by atoms with van der Waals surface area (Å²) in [5.41, 5.74) is 1.05. The fourth-order valence-corrected chi connectivity index (χ4v) is 2.82. The van der Waals surface area contributed by atoms with Crippen LogP contribution < -0.4 is 5.32 Å². The lowest BCUT2D eigenvalue weighted by Crippen LogP contribution is -2.16. The highest BCUT2D eigenvalue weighted by atomic mass is 32.2. The second-order valence-electron chi connectivity index (χ2n) is 4.68. The monoisotopic (exact) mass is 307 g/mol. The molecule has 2 aromatic rings. The molecule has 4 nitrogen and oxygen atoms in total. The minimum absolute atomic E-state index is 0.0396. The van der Waals surface area contributed by atoms with Crippen LogP contribution in [0.15, 0.2) is 47.4 Å². The standard InChI is InChI=1S/C15H14FNO3S/c1-10-9-11(16)7-8-13(10)17-15(18)12-5-3-4-6-14(12)21(2,19)20/h3-9H,1-2H3,(H,17,18). The van der Waals surface area contributed by atoms with E-state index in [1.165, 1.54) is 30.3 Å². The lowest BCUT2D eigenvalue weighted by molar-refractivity contribution is 0.102. The molecule has 0 heterocycles. The molecule has 2 rings (SSSR count). The summed E-state index contributed by atoms with van der Waals surface area (Å²) >= 11 is 0. The minimum atomic E-state index is -3.51. The van der Waals surface area contributed by atoms with Crippen LogP contribution in [0.4, 0.5) is 10.1 Å². The average Bonchev–Trinajstić information content (AvgIpc) is 2.41. The SMILES string of the molecule is Cc1cc(F)ccc1NC(=O)c1ccccc1S(C)(=O)=O. The first kappa shape index (κ1) is 15.2. The van der Waals surface area contributed by atoms with Gasteiger partial charge in [0, 0.05) is 11.9 Å². The molecular weight excluding hydrogens is 293 g/mol. The number of hydrogen-bond acceptors (Lipinski definition) is 3. The van der Waals surface area contributed by atoms with Crippen molar-refractivity contribution < 1.29 is 17.6 Å². The topological polar surface area (TPSA) is 63.2 Å². The van der Waals surface area contributed by atoms with E-state index in [2.05, 4.69) is 5.32 Å². The van der Waals surface area contributed by atoms with E-state index >= 15 is 0 Å². The highest BCUT2D eigenvalue weighted by Gasteiger charge is 2.18. The zero-order valence-electron chi connectivity index (χ0n) is 11.6. The molecule has 0 unspecified atom stereocenters. The van der Waals surface area contributed by atoms with Crippen molar-refractivity contribution in [2.75, 3.05) is 11.6 Å². The fraction of sp³-hybridized carbons (Fsp3) is 0.133. The largest absolute Gasteiger partial charge is 0.322 e. The first-order valence-corrected chi connectivity index (χ1v) is 8.05. The highest BCUT2D eigenvalue weighted by Crippen LogP contribution is 2.20. The minimum Gasteiger partial charge on any atom is -0.322 e. The Kier molecular flexibility index (Phi) is 4.09. The molecule has 0 aromatic heterocycles. The Morgan fingerprint density at radius 2 is 1.81 bits per heavy atom. The van der Waals surface area contributed by atoms with Crippen molar-refractivity contribution in [3.63, 3.8) is 0 Å². The zero-order valence-corrected chi connectivity index (χ0v) is 12.4. The molecule has 0 radical (unpaired) electrons. The lowest BCUT2D eigenvalue weighted by Gasteiger charge is -2.11. The van der Waals surface area contributed by atoms with Gasteiger partial charge >= 0.3 is 0 Å². The predicted molar refractivity (Wildman–Crippen MR) is 78.6 cm³/mol. The van der Waals surface area contributed by atoms with Gasteiger partial charge in [-0.05, 0) is 42.8 Å². The number of carbonyl (C=O) groups is 1. The normalized spacial score (nSPS) is 11.2. The Labute approximate surface area is 122 Å². The zero-order chi connectivity index (χ0) is 15.6. The number of anilines is 1.